The van der Waals surface area contributed by atoms with E-state index in [-0.39, 0.29) is 0 Å². The maximum absolute atomic E-state index is 11.4. The molecule has 1 fully saturated rings. The Bertz CT molecular complexity index is 991. The fourth-order valence-corrected chi connectivity index (χ4v) is 5.07. The third-order valence-corrected chi connectivity index (χ3v) is 6.86. The molecule has 0 radical (unpaired) electrons. The molecule has 0 saturated carbocycles. The topological polar surface area (TPSA) is 58.9 Å². The van der Waals surface area contributed by atoms with Gasteiger partial charge in [0.25, 0.3) is 0 Å². The van der Waals surface area contributed by atoms with Gasteiger partial charge in [0.2, 0.25) is 0 Å². The number of piperidine rings is 1. The molecule has 2 N–H and O–H groups in total. The lowest BCUT2D eigenvalue weighted by atomic mass is 9.95. The van der Waals surface area contributed by atoms with E-state index in [0.29, 0.717) is 10.7 Å². The minimum absolute atomic E-state index is 0.516. The van der Waals surface area contributed by atoms with Crippen LogP contribution in [-0.4, -0.2) is 42.2 Å². The number of carbonyl (C=O) groups excluding carboxylic acids is 1. The van der Waals surface area contributed by atoms with Crippen molar-refractivity contribution in [3.05, 3.63) is 56.9 Å². The molecule has 166 valence electrons. The van der Waals surface area contributed by atoms with E-state index >= 15 is 0 Å². The zero-order valence-electron chi connectivity index (χ0n) is 18.5. The van der Waals surface area contributed by atoms with Crippen molar-refractivity contribution in [1.29, 1.82) is 0 Å². The van der Waals surface area contributed by atoms with Crippen molar-refractivity contribution in [2.75, 3.05) is 20.1 Å². The van der Waals surface area contributed by atoms with Gasteiger partial charge in [-0.05, 0) is 69.4 Å². The van der Waals surface area contributed by atoms with Crippen LogP contribution in [0.3, 0.4) is 0 Å². The summed E-state index contributed by atoms with van der Waals surface area (Å²) in [5.41, 5.74) is 4.52. The minimum atomic E-state index is 0.516. The molecule has 3 heterocycles. The van der Waals surface area contributed by atoms with Gasteiger partial charge in [-0.1, -0.05) is 37.6 Å². The first kappa shape index (κ1) is 23.7. The van der Waals surface area contributed by atoms with Crippen molar-refractivity contribution in [2.45, 2.75) is 45.6 Å². The summed E-state index contributed by atoms with van der Waals surface area (Å²) in [4.78, 5) is 12.7. The summed E-state index contributed by atoms with van der Waals surface area (Å²) in [6, 6.07) is 10.4. The molecule has 0 unspecified atom stereocenters. The monoisotopic (exact) mass is 458 g/mol. The van der Waals surface area contributed by atoms with Crippen LogP contribution >= 0.6 is 22.9 Å². The molecule has 5 nitrogen and oxygen atoms in total. The number of rotatable bonds is 3. The molecular weight excluding hydrogens is 428 g/mol. The molecule has 7 heteroatoms. The highest BCUT2D eigenvalue weighted by Crippen LogP contribution is 2.39. The second-order valence-corrected chi connectivity index (χ2v) is 8.67. The van der Waals surface area contributed by atoms with Crippen molar-refractivity contribution < 1.29 is 4.79 Å². The number of aldehydes is 1. The first-order valence-corrected chi connectivity index (χ1v) is 12.3. The first-order valence-electron chi connectivity index (χ1n) is 11.0. The Morgan fingerprint density at radius 3 is 2.58 bits per heavy atom. The number of carbonyl (C=O) groups is 1. The molecule has 0 atom stereocenters. The zero-order valence-corrected chi connectivity index (χ0v) is 20.0. The van der Waals surface area contributed by atoms with E-state index in [0.717, 1.165) is 42.1 Å². The molecule has 5 rings (SSSR count). The van der Waals surface area contributed by atoms with E-state index in [4.69, 9.17) is 11.6 Å². The highest BCUT2D eigenvalue weighted by atomic mass is 35.5. The number of aromatic nitrogens is 2. The first-order chi connectivity index (χ1) is 15.2. The van der Waals surface area contributed by atoms with Crippen molar-refractivity contribution in [3.8, 4) is 16.9 Å². The van der Waals surface area contributed by atoms with Crippen LogP contribution in [0.4, 0.5) is 0 Å². The highest BCUT2D eigenvalue weighted by Gasteiger charge is 2.26. The Hall–Kier alpha value is -1.99. The number of aryl methyl sites for hydroxylation is 1. The maximum atomic E-state index is 11.4. The quantitative estimate of drug-likeness (QED) is 0.533. The average molecular weight is 459 g/mol. The highest BCUT2D eigenvalue weighted by molar-refractivity contribution is 7.10. The molecule has 0 spiro atoms. The smallest absolute Gasteiger partial charge is 0.170 e. The Labute approximate surface area is 193 Å². The van der Waals surface area contributed by atoms with Crippen molar-refractivity contribution >= 4 is 29.2 Å². The largest absolute Gasteiger partial charge is 0.317 e. The Kier molecular flexibility index (Phi) is 8.84. The standard InChI is InChI=1S/C16H11ClN2OS.C6H14N2.C2H6/c17-12-3-1-2-4-14(12)19-16-10(13(9-20)18-19)5-6-15-11(16)7-8-21-15;1-7-6-2-4-8-5-3-6;1-2/h1-4,7-9H,5-6H2;6-8H,2-5H2,1H3;1-2H3. The van der Waals surface area contributed by atoms with Gasteiger partial charge in [-0.2, -0.15) is 5.10 Å². The number of fused-ring (bicyclic) bond motifs is 3. The lowest BCUT2D eigenvalue weighted by Gasteiger charge is -2.21. The number of hydrogen-bond acceptors (Lipinski definition) is 5. The van der Waals surface area contributed by atoms with E-state index in [9.17, 15) is 4.79 Å². The number of para-hydroxylation sites is 1. The van der Waals surface area contributed by atoms with Crippen LogP contribution in [0.2, 0.25) is 5.02 Å². The molecule has 0 amide bonds. The van der Waals surface area contributed by atoms with Gasteiger partial charge in [-0.3, -0.25) is 4.79 Å². The SMILES string of the molecule is CC.CNC1CCNCC1.O=Cc1nn(-c2ccccc2Cl)c2c1CCc1sccc1-2. The van der Waals surface area contributed by atoms with Crippen LogP contribution in [-0.2, 0) is 12.8 Å². The summed E-state index contributed by atoms with van der Waals surface area (Å²) in [5, 5.41) is 13.8. The van der Waals surface area contributed by atoms with Gasteiger partial charge in [0.15, 0.2) is 6.29 Å². The lowest BCUT2D eigenvalue weighted by molar-refractivity contribution is 0.111. The van der Waals surface area contributed by atoms with Gasteiger partial charge in [0.05, 0.1) is 16.4 Å². The van der Waals surface area contributed by atoms with Gasteiger partial charge in [-0.25, -0.2) is 4.68 Å². The molecule has 0 bridgehead atoms. The van der Waals surface area contributed by atoms with Crippen LogP contribution in [0.15, 0.2) is 35.7 Å². The minimum Gasteiger partial charge on any atom is -0.317 e. The van der Waals surface area contributed by atoms with Crippen LogP contribution < -0.4 is 10.6 Å². The van der Waals surface area contributed by atoms with E-state index in [2.05, 4.69) is 27.2 Å². The summed E-state index contributed by atoms with van der Waals surface area (Å²) < 4.78 is 1.81. The van der Waals surface area contributed by atoms with Crippen LogP contribution in [0, 0.1) is 0 Å². The zero-order chi connectivity index (χ0) is 22.2. The molecule has 1 aliphatic carbocycles. The van der Waals surface area contributed by atoms with Gasteiger partial charge >= 0.3 is 0 Å². The fraction of sp³-hybridized carbons (Fsp3) is 0.417. The van der Waals surface area contributed by atoms with Crippen molar-refractivity contribution in [1.82, 2.24) is 20.4 Å². The van der Waals surface area contributed by atoms with E-state index in [1.165, 1.54) is 36.4 Å². The number of hydrogen-bond donors (Lipinski definition) is 2. The number of benzene rings is 1. The molecule has 1 saturated heterocycles. The summed E-state index contributed by atoms with van der Waals surface area (Å²) >= 11 is 8.06. The van der Waals surface area contributed by atoms with Gasteiger partial charge < -0.3 is 10.6 Å². The van der Waals surface area contributed by atoms with Crippen molar-refractivity contribution in [2.24, 2.45) is 0 Å². The summed E-state index contributed by atoms with van der Waals surface area (Å²) in [5.74, 6) is 0. The average Bonchev–Trinajstić information content (AvgIpc) is 3.46. The second-order valence-electron chi connectivity index (χ2n) is 7.26. The van der Waals surface area contributed by atoms with Gasteiger partial charge in [0, 0.05) is 22.0 Å². The summed E-state index contributed by atoms with van der Waals surface area (Å²) in [6.45, 7) is 6.37. The third-order valence-electron chi connectivity index (χ3n) is 5.56. The molecule has 1 aromatic carbocycles. The van der Waals surface area contributed by atoms with Gasteiger partial charge in [0.1, 0.15) is 5.69 Å². The second kappa shape index (κ2) is 11.6. The van der Waals surface area contributed by atoms with E-state index in [1.54, 1.807) is 11.3 Å². The van der Waals surface area contributed by atoms with Crippen LogP contribution in [0.1, 0.15) is 47.6 Å². The molecular formula is C24H31ClN4OS. The molecule has 31 heavy (non-hydrogen) atoms. The third kappa shape index (κ3) is 5.26. The lowest BCUT2D eigenvalue weighted by Crippen LogP contribution is -2.37. The predicted octanol–water partition coefficient (Wildman–Crippen LogP) is 5.15. The molecule has 1 aliphatic heterocycles. The van der Waals surface area contributed by atoms with Gasteiger partial charge in [-0.15, -0.1) is 11.3 Å². The normalized spacial score (nSPS) is 15.0. The van der Waals surface area contributed by atoms with E-state index < -0.39 is 0 Å². The predicted molar refractivity (Wildman–Crippen MR) is 131 cm³/mol. The summed E-state index contributed by atoms with van der Waals surface area (Å²) in [6.07, 6.45) is 5.23. The Balaban J connectivity index is 0.000000230. The number of halogens is 1. The number of thiophene rings is 1. The van der Waals surface area contributed by atoms with E-state index in [1.807, 2.05) is 49.8 Å². The fourth-order valence-electron chi connectivity index (χ4n) is 3.98. The molecule has 2 aromatic heterocycles. The number of nitrogens with zero attached hydrogens (tertiary/aromatic N) is 2. The van der Waals surface area contributed by atoms with Crippen LogP contribution in [0.25, 0.3) is 16.9 Å². The Morgan fingerprint density at radius 1 is 1.19 bits per heavy atom. The van der Waals surface area contributed by atoms with Crippen LogP contribution in [0.5, 0.6) is 0 Å². The molecule has 3 aromatic rings. The maximum Gasteiger partial charge on any atom is 0.170 e. The molecule has 2 aliphatic rings. The number of nitrogens with one attached hydrogen (secondary N) is 2. The van der Waals surface area contributed by atoms with Crippen molar-refractivity contribution in [3.63, 3.8) is 0 Å². The Morgan fingerprint density at radius 2 is 1.94 bits per heavy atom. The summed E-state index contributed by atoms with van der Waals surface area (Å²) in [7, 11) is 2.04.